The Balaban J connectivity index is 1.36. The molecule has 1 heterocycles. The van der Waals surface area contributed by atoms with Gasteiger partial charge in [-0.2, -0.15) is 0 Å². The molecule has 4 heteroatoms. The first-order valence-corrected chi connectivity index (χ1v) is 16.6. The number of allylic oxidation sites excluding steroid dienone is 7. The molecule has 0 spiro atoms. The lowest BCUT2D eigenvalue weighted by Gasteiger charge is -2.21. The van der Waals surface area contributed by atoms with Crippen LogP contribution in [-0.4, -0.2) is 18.2 Å². The quantitative estimate of drug-likeness (QED) is 0.128. The van der Waals surface area contributed by atoms with Gasteiger partial charge in [0.2, 0.25) is 0 Å². The van der Waals surface area contributed by atoms with Crippen LogP contribution in [0.15, 0.2) is 158 Å². The Morgan fingerprint density at radius 3 is 2.52 bits per heavy atom. The fourth-order valence-electron chi connectivity index (χ4n) is 6.52. The van der Waals surface area contributed by atoms with Crippen LogP contribution in [0.2, 0.25) is 0 Å². The minimum absolute atomic E-state index is 0.668. The Kier molecular flexibility index (Phi) is 10.0. The van der Waals surface area contributed by atoms with Crippen LogP contribution in [0.4, 0.5) is 0 Å². The molecule has 4 nitrogen and oxygen atoms in total. The molecule has 1 aliphatic carbocycles. The highest BCUT2D eigenvalue weighted by Gasteiger charge is 2.25. The zero-order valence-electron chi connectivity index (χ0n) is 27.9. The summed E-state index contributed by atoms with van der Waals surface area (Å²) in [5.74, 6) is 0. The maximum absolute atomic E-state index is 6.24. The van der Waals surface area contributed by atoms with E-state index in [-0.39, 0.29) is 0 Å². The van der Waals surface area contributed by atoms with E-state index in [9.17, 15) is 0 Å². The molecule has 5 aromatic rings. The molecule has 0 fully saturated rings. The Bertz CT molecular complexity index is 2100. The summed E-state index contributed by atoms with van der Waals surface area (Å²) in [7, 11) is 1.91. The maximum atomic E-state index is 6.24. The molecule has 0 unspecified atom stereocenters. The van der Waals surface area contributed by atoms with Gasteiger partial charge in [-0.15, -0.1) is 0 Å². The summed E-state index contributed by atoms with van der Waals surface area (Å²) < 4.78 is 2.47. The van der Waals surface area contributed by atoms with Crippen LogP contribution in [0.1, 0.15) is 29.2 Å². The minimum atomic E-state index is 0.668. The zero-order chi connectivity index (χ0) is 33.5. The van der Waals surface area contributed by atoms with Gasteiger partial charge < -0.3 is 21.4 Å². The Hall–Kier alpha value is -5.58. The minimum Gasteiger partial charge on any atom is -0.405 e. The SMILES string of the molecule is C=C(/C=C\CNC)/C(N)=C/C=C\Cc1ccc2c3c(n(-c4ccccc4)c2c1)-c1ccc(-c2cccc(/C(C)=C/C=C\N)c2)cc1CC3. The van der Waals surface area contributed by atoms with Crippen molar-refractivity contribution < 1.29 is 0 Å². The van der Waals surface area contributed by atoms with Crippen LogP contribution in [-0.2, 0) is 19.3 Å². The molecular formula is C44H44N4. The third-order valence-electron chi connectivity index (χ3n) is 9.04. The summed E-state index contributed by atoms with van der Waals surface area (Å²) in [6.45, 7) is 6.97. The average molecular weight is 629 g/mol. The van der Waals surface area contributed by atoms with E-state index < -0.39 is 0 Å². The normalized spacial score (nSPS) is 13.5. The standard InChI is InChI=1S/C44H44N4/c1-31(12-10-26-45)34-15-9-16-35(29-34)36-21-24-39-37(30-36)22-25-41-40-23-20-33(14-7-8-19-42(46)32(2)13-11-27-47-3)28-43(40)48(44(39)41)38-17-5-4-6-18-38/h4-13,15-21,23-24,26,28-30,47H,2,14,22,25,27,45-46H2,1,3H3/b8-7-,13-11-,26-10-,31-12+,42-19-. The number of aryl methyl sites for hydroxylation is 2. The van der Waals surface area contributed by atoms with Crippen molar-refractivity contribution in [2.24, 2.45) is 11.5 Å². The van der Waals surface area contributed by atoms with E-state index in [4.69, 9.17) is 11.5 Å². The van der Waals surface area contributed by atoms with Gasteiger partial charge in [0.15, 0.2) is 0 Å². The summed E-state index contributed by atoms with van der Waals surface area (Å²) in [5, 5.41) is 4.41. The van der Waals surface area contributed by atoms with Gasteiger partial charge in [-0.1, -0.05) is 104 Å². The first-order valence-electron chi connectivity index (χ1n) is 16.6. The lowest BCUT2D eigenvalue weighted by atomic mass is 9.86. The van der Waals surface area contributed by atoms with Gasteiger partial charge in [0.1, 0.15) is 0 Å². The van der Waals surface area contributed by atoms with Gasteiger partial charge in [0, 0.05) is 28.9 Å². The monoisotopic (exact) mass is 628 g/mol. The number of nitrogens with two attached hydrogens (primary N) is 2. The molecule has 0 radical (unpaired) electrons. The average Bonchev–Trinajstić information content (AvgIpc) is 3.46. The number of aromatic nitrogens is 1. The molecule has 5 N–H and O–H groups in total. The van der Waals surface area contributed by atoms with Crippen molar-refractivity contribution in [2.75, 3.05) is 13.6 Å². The van der Waals surface area contributed by atoms with E-state index in [0.717, 1.165) is 31.4 Å². The van der Waals surface area contributed by atoms with Crippen molar-refractivity contribution in [1.82, 2.24) is 9.88 Å². The molecule has 48 heavy (non-hydrogen) atoms. The number of para-hydroxylation sites is 1. The molecule has 1 aromatic heterocycles. The van der Waals surface area contributed by atoms with Gasteiger partial charge in [-0.05, 0) is 120 Å². The van der Waals surface area contributed by atoms with E-state index in [1.807, 2.05) is 43.5 Å². The Morgan fingerprint density at radius 1 is 0.875 bits per heavy atom. The molecule has 0 aliphatic heterocycles. The van der Waals surface area contributed by atoms with Gasteiger partial charge >= 0.3 is 0 Å². The number of fused-ring (bicyclic) bond motifs is 5. The zero-order valence-corrected chi connectivity index (χ0v) is 27.9. The van der Waals surface area contributed by atoms with Gasteiger partial charge in [0.25, 0.3) is 0 Å². The Labute approximate surface area is 284 Å². The summed E-state index contributed by atoms with van der Waals surface area (Å²) in [6.07, 6.45) is 18.4. The van der Waals surface area contributed by atoms with Crippen LogP contribution in [0.5, 0.6) is 0 Å². The lowest BCUT2D eigenvalue weighted by Crippen LogP contribution is -2.07. The third kappa shape index (κ3) is 6.90. The molecule has 4 aromatic carbocycles. The number of nitrogens with one attached hydrogen (secondary N) is 1. The number of hydrogen-bond acceptors (Lipinski definition) is 3. The van der Waals surface area contributed by atoms with Crippen LogP contribution >= 0.6 is 0 Å². The predicted octanol–water partition coefficient (Wildman–Crippen LogP) is 9.21. The number of nitrogens with zero attached hydrogens (tertiary/aromatic N) is 1. The highest BCUT2D eigenvalue weighted by Crippen LogP contribution is 2.43. The van der Waals surface area contributed by atoms with Gasteiger partial charge in [-0.3, -0.25) is 0 Å². The van der Waals surface area contributed by atoms with Crippen LogP contribution in [0.25, 0.3) is 44.5 Å². The molecule has 0 bridgehead atoms. The maximum Gasteiger partial charge on any atom is 0.0575 e. The molecule has 1 aliphatic rings. The fraction of sp³-hybridized carbons (Fsp3) is 0.136. The van der Waals surface area contributed by atoms with Crippen molar-refractivity contribution in [1.29, 1.82) is 0 Å². The Morgan fingerprint density at radius 2 is 1.71 bits per heavy atom. The number of likely N-dealkylation sites (N-methyl/N-ethyl adjacent to an activating group) is 1. The van der Waals surface area contributed by atoms with Gasteiger partial charge in [-0.25, -0.2) is 0 Å². The van der Waals surface area contributed by atoms with Crippen LogP contribution < -0.4 is 16.8 Å². The van der Waals surface area contributed by atoms with Gasteiger partial charge in [0.05, 0.1) is 11.2 Å². The summed E-state index contributed by atoms with van der Waals surface area (Å²) >= 11 is 0. The van der Waals surface area contributed by atoms with Crippen molar-refractivity contribution in [3.63, 3.8) is 0 Å². The van der Waals surface area contributed by atoms with E-state index in [2.05, 4.69) is 120 Å². The fourth-order valence-corrected chi connectivity index (χ4v) is 6.52. The van der Waals surface area contributed by atoms with E-state index in [1.165, 1.54) is 66.8 Å². The number of benzene rings is 4. The molecule has 240 valence electrons. The molecular weight excluding hydrogens is 585 g/mol. The van der Waals surface area contributed by atoms with Crippen molar-refractivity contribution in [3.8, 4) is 28.1 Å². The summed E-state index contributed by atoms with van der Waals surface area (Å²) in [6, 6.07) is 33.4. The molecule has 0 amide bonds. The van der Waals surface area contributed by atoms with Crippen molar-refractivity contribution in [2.45, 2.75) is 26.2 Å². The van der Waals surface area contributed by atoms with Crippen LogP contribution in [0.3, 0.4) is 0 Å². The third-order valence-corrected chi connectivity index (χ3v) is 9.04. The summed E-state index contributed by atoms with van der Waals surface area (Å²) in [5.41, 5.74) is 27.2. The second-order valence-corrected chi connectivity index (χ2v) is 12.3. The largest absolute Gasteiger partial charge is 0.405 e. The smallest absolute Gasteiger partial charge is 0.0575 e. The summed E-state index contributed by atoms with van der Waals surface area (Å²) in [4.78, 5) is 0. The molecule has 6 rings (SSSR count). The van der Waals surface area contributed by atoms with E-state index in [1.54, 1.807) is 6.20 Å². The van der Waals surface area contributed by atoms with Crippen molar-refractivity contribution >= 4 is 16.5 Å². The second kappa shape index (κ2) is 14.9. The topological polar surface area (TPSA) is 69.0 Å². The molecule has 0 saturated carbocycles. The molecule has 0 atom stereocenters. The van der Waals surface area contributed by atoms with Crippen LogP contribution in [0, 0.1) is 0 Å². The highest BCUT2D eigenvalue weighted by atomic mass is 15.0. The molecule has 0 saturated heterocycles. The predicted molar refractivity (Wildman–Crippen MR) is 206 cm³/mol. The first kappa shape index (κ1) is 32.4. The van der Waals surface area contributed by atoms with Crippen molar-refractivity contribution in [3.05, 3.63) is 180 Å². The lowest BCUT2D eigenvalue weighted by molar-refractivity contribution is 0.919. The highest BCUT2D eigenvalue weighted by molar-refractivity contribution is 5.96. The number of rotatable bonds is 11. The van der Waals surface area contributed by atoms with E-state index in [0.29, 0.717) is 5.70 Å². The first-order chi connectivity index (χ1) is 23.5. The van der Waals surface area contributed by atoms with E-state index >= 15 is 0 Å². The second-order valence-electron chi connectivity index (χ2n) is 12.3. The number of hydrogen-bond donors (Lipinski definition) is 3.